The summed E-state index contributed by atoms with van der Waals surface area (Å²) in [5, 5.41) is 3.18. The molecule has 0 radical (unpaired) electrons. The van der Waals surface area contributed by atoms with Crippen molar-refractivity contribution < 1.29 is 9.18 Å². The summed E-state index contributed by atoms with van der Waals surface area (Å²) < 4.78 is 15.3. The normalized spacial score (nSPS) is 26.6. The molecule has 1 amide bonds. The van der Waals surface area contributed by atoms with Crippen molar-refractivity contribution >= 4 is 30.7 Å². The molecule has 5 nitrogen and oxygen atoms in total. The summed E-state index contributed by atoms with van der Waals surface area (Å²) in [5.41, 5.74) is 7.20. The number of amides is 1. The molecule has 2 aromatic rings. The second-order valence-corrected chi connectivity index (χ2v) is 8.09. The predicted molar refractivity (Wildman–Crippen MR) is 116 cm³/mol. The van der Waals surface area contributed by atoms with Crippen molar-refractivity contribution in [2.24, 2.45) is 30.5 Å². The summed E-state index contributed by atoms with van der Waals surface area (Å²) in [6, 6.07) is 6.10. The molecule has 160 valence electrons. The molecule has 2 saturated carbocycles. The third-order valence-electron chi connectivity index (χ3n) is 6.39. The standard InChI is InChI=1S/C21H27FN4O.2ClH/c1-26-10-9-24-20(26)19(13-5-7-17(22)8-6-13)25-21(27)16-11-14-3-2-4-15(12-16)18(14)23;;/h5-10,14-16,18-19H,2-4,11-12,23H2,1H3,(H,25,27);2*1H. The number of carbonyl (C=O) groups is 1. The summed E-state index contributed by atoms with van der Waals surface area (Å²) in [6.07, 6.45) is 8.76. The highest BCUT2D eigenvalue weighted by Gasteiger charge is 2.41. The Bertz CT molecular complexity index is 799. The highest BCUT2D eigenvalue weighted by molar-refractivity contribution is 5.85. The predicted octanol–water partition coefficient (Wildman–Crippen LogP) is 3.76. The second-order valence-electron chi connectivity index (χ2n) is 8.09. The van der Waals surface area contributed by atoms with Crippen molar-refractivity contribution in [2.45, 2.75) is 44.2 Å². The number of nitrogens with one attached hydrogen (secondary N) is 1. The van der Waals surface area contributed by atoms with Gasteiger partial charge in [-0.25, -0.2) is 9.37 Å². The average molecular weight is 443 g/mol. The van der Waals surface area contributed by atoms with Crippen LogP contribution in [0.15, 0.2) is 36.7 Å². The van der Waals surface area contributed by atoms with E-state index in [-0.39, 0.29) is 48.5 Å². The van der Waals surface area contributed by atoms with Gasteiger partial charge in [0.1, 0.15) is 17.7 Å². The maximum Gasteiger partial charge on any atom is 0.223 e. The van der Waals surface area contributed by atoms with Gasteiger partial charge in [0.05, 0.1) is 0 Å². The van der Waals surface area contributed by atoms with Crippen LogP contribution in [0.4, 0.5) is 4.39 Å². The first kappa shape index (κ1) is 23.6. The Kier molecular flexibility index (Phi) is 8.09. The average Bonchev–Trinajstić information content (AvgIpc) is 3.06. The Morgan fingerprint density at radius 1 is 1.21 bits per heavy atom. The van der Waals surface area contributed by atoms with Crippen molar-refractivity contribution in [3.63, 3.8) is 0 Å². The maximum atomic E-state index is 13.4. The van der Waals surface area contributed by atoms with Crippen LogP contribution >= 0.6 is 24.8 Å². The molecule has 2 aliphatic carbocycles. The van der Waals surface area contributed by atoms with Gasteiger partial charge < -0.3 is 15.6 Å². The molecule has 2 bridgehead atoms. The van der Waals surface area contributed by atoms with Crippen molar-refractivity contribution in [1.82, 2.24) is 14.9 Å². The summed E-state index contributed by atoms with van der Waals surface area (Å²) >= 11 is 0. The largest absolute Gasteiger partial charge is 0.342 e. The van der Waals surface area contributed by atoms with Crippen LogP contribution in [0.5, 0.6) is 0 Å². The molecule has 2 aliphatic rings. The van der Waals surface area contributed by atoms with Gasteiger partial charge in [-0.3, -0.25) is 4.79 Å². The molecule has 3 atom stereocenters. The van der Waals surface area contributed by atoms with E-state index in [1.165, 1.54) is 18.6 Å². The summed E-state index contributed by atoms with van der Waals surface area (Å²) in [5.74, 6) is 1.39. The van der Waals surface area contributed by atoms with Gasteiger partial charge in [0.2, 0.25) is 5.91 Å². The van der Waals surface area contributed by atoms with Crippen LogP contribution in [0.3, 0.4) is 0 Å². The van der Waals surface area contributed by atoms with Crippen LogP contribution in [0.2, 0.25) is 0 Å². The third-order valence-corrected chi connectivity index (χ3v) is 6.39. The minimum atomic E-state index is -0.395. The highest BCUT2D eigenvalue weighted by Crippen LogP contribution is 2.42. The smallest absolute Gasteiger partial charge is 0.223 e. The third kappa shape index (κ3) is 4.93. The molecule has 0 saturated heterocycles. The molecule has 0 aliphatic heterocycles. The number of hydrogen-bond donors (Lipinski definition) is 2. The van der Waals surface area contributed by atoms with Gasteiger partial charge in [0.15, 0.2) is 0 Å². The second kappa shape index (κ2) is 9.92. The van der Waals surface area contributed by atoms with E-state index in [1.807, 2.05) is 17.8 Å². The molecular weight excluding hydrogens is 414 g/mol. The lowest BCUT2D eigenvalue weighted by Crippen LogP contribution is -2.49. The molecule has 3 unspecified atom stereocenters. The highest BCUT2D eigenvalue weighted by atomic mass is 35.5. The zero-order valence-electron chi connectivity index (χ0n) is 16.5. The fraction of sp³-hybridized carbons (Fsp3) is 0.524. The summed E-state index contributed by atoms with van der Waals surface area (Å²) in [6.45, 7) is 0. The van der Waals surface area contributed by atoms with E-state index in [4.69, 9.17) is 5.73 Å². The van der Waals surface area contributed by atoms with E-state index in [9.17, 15) is 9.18 Å². The summed E-state index contributed by atoms with van der Waals surface area (Å²) in [4.78, 5) is 17.5. The zero-order chi connectivity index (χ0) is 19.0. The topological polar surface area (TPSA) is 72.9 Å². The molecule has 1 aromatic carbocycles. The van der Waals surface area contributed by atoms with Crippen molar-refractivity contribution in [3.8, 4) is 0 Å². The van der Waals surface area contributed by atoms with Gasteiger partial charge in [0.25, 0.3) is 0 Å². The van der Waals surface area contributed by atoms with E-state index >= 15 is 0 Å². The fourth-order valence-corrected chi connectivity index (χ4v) is 4.87. The molecule has 0 spiro atoms. The van der Waals surface area contributed by atoms with Crippen LogP contribution in [0.25, 0.3) is 0 Å². The minimum absolute atomic E-state index is 0. The molecule has 3 N–H and O–H groups in total. The van der Waals surface area contributed by atoms with Crippen molar-refractivity contribution in [3.05, 3.63) is 53.9 Å². The molecular formula is C21H29Cl2FN4O. The number of imidazole rings is 1. The van der Waals surface area contributed by atoms with Gasteiger partial charge in [0, 0.05) is 31.4 Å². The van der Waals surface area contributed by atoms with Crippen LogP contribution in [0, 0.1) is 23.6 Å². The van der Waals surface area contributed by atoms with Crippen LogP contribution in [-0.4, -0.2) is 21.5 Å². The molecule has 29 heavy (non-hydrogen) atoms. The number of hydrogen-bond acceptors (Lipinski definition) is 3. The molecule has 2 fully saturated rings. The number of nitrogens with zero attached hydrogens (tertiary/aromatic N) is 2. The number of halogens is 3. The first-order chi connectivity index (χ1) is 13.0. The Morgan fingerprint density at radius 3 is 2.38 bits per heavy atom. The maximum absolute atomic E-state index is 13.4. The van der Waals surface area contributed by atoms with E-state index in [0.29, 0.717) is 11.8 Å². The Labute approximate surface area is 183 Å². The van der Waals surface area contributed by atoms with Gasteiger partial charge in [-0.05, 0) is 55.2 Å². The molecule has 1 heterocycles. The first-order valence-corrected chi connectivity index (χ1v) is 9.81. The van der Waals surface area contributed by atoms with Crippen LogP contribution in [-0.2, 0) is 11.8 Å². The van der Waals surface area contributed by atoms with E-state index < -0.39 is 6.04 Å². The van der Waals surface area contributed by atoms with Crippen LogP contribution in [0.1, 0.15) is 49.5 Å². The zero-order valence-corrected chi connectivity index (χ0v) is 18.1. The van der Waals surface area contributed by atoms with Crippen molar-refractivity contribution in [2.75, 3.05) is 0 Å². The first-order valence-electron chi connectivity index (χ1n) is 9.81. The summed E-state index contributed by atoms with van der Waals surface area (Å²) in [7, 11) is 1.90. The van der Waals surface area contributed by atoms with Crippen molar-refractivity contribution in [1.29, 1.82) is 0 Å². The number of rotatable bonds is 4. The number of fused-ring (bicyclic) bond motifs is 2. The van der Waals surface area contributed by atoms with Gasteiger partial charge in [-0.2, -0.15) is 0 Å². The minimum Gasteiger partial charge on any atom is -0.342 e. The number of aromatic nitrogens is 2. The number of carbonyl (C=O) groups excluding carboxylic acids is 1. The lowest BCUT2D eigenvalue weighted by atomic mass is 9.65. The number of benzene rings is 1. The quantitative estimate of drug-likeness (QED) is 0.756. The van der Waals surface area contributed by atoms with E-state index in [1.54, 1.807) is 18.3 Å². The monoisotopic (exact) mass is 442 g/mol. The van der Waals surface area contributed by atoms with Gasteiger partial charge in [-0.15, -0.1) is 24.8 Å². The lowest BCUT2D eigenvalue weighted by Gasteiger charge is -2.43. The lowest BCUT2D eigenvalue weighted by molar-refractivity contribution is -0.128. The Hall–Kier alpha value is -1.63. The Morgan fingerprint density at radius 2 is 1.83 bits per heavy atom. The van der Waals surface area contributed by atoms with E-state index in [2.05, 4.69) is 10.3 Å². The molecule has 1 aromatic heterocycles. The fourth-order valence-electron chi connectivity index (χ4n) is 4.87. The van der Waals surface area contributed by atoms with E-state index in [0.717, 1.165) is 37.1 Å². The number of nitrogens with two attached hydrogens (primary N) is 1. The Balaban J connectivity index is 0.00000150. The SMILES string of the molecule is Cl.Cl.Cn1ccnc1C(NC(=O)C1CC2CCCC(C1)C2N)c1ccc(F)cc1. The van der Waals surface area contributed by atoms with Gasteiger partial charge >= 0.3 is 0 Å². The molecule has 8 heteroatoms. The molecule has 4 rings (SSSR count). The van der Waals surface area contributed by atoms with Gasteiger partial charge in [-0.1, -0.05) is 18.6 Å². The van der Waals surface area contributed by atoms with Crippen LogP contribution < -0.4 is 11.1 Å². The number of aryl methyl sites for hydroxylation is 1.